The third kappa shape index (κ3) is 5.05. The number of ether oxygens (including phenoxy) is 1. The Morgan fingerprint density at radius 2 is 1.95 bits per heavy atom. The van der Waals surface area contributed by atoms with Crippen LogP contribution in [0, 0.1) is 19.7 Å². The van der Waals surface area contributed by atoms with Crippen LogP contribution in [0.5, 0.6) is 0 Å². The molecule has 2 aliphatic heterocycles. The molecule has 1 saturated heterocycles. The Kier molecular flexibility index (Phi) is 7.19. The minimum Gasteiger partial charge on any atom is -0.440 e. The molecule has 4 heterocycles. The number of pyridine rings is 1. The molecule has 0 radical (unpaired) electrons. The predicted octanol–water partition coefficient (Wildman–Crippen LogP) is 4.33. The summed E-state index contributed by atoms with van der Waals surface area (Å²) in [7, 11) is -1.36. The van der Waals surface area contributed by atoms with Crippen LogP contribution in [0.3, 0.4) is 0 Å². The summed E-state index contributed by atoms with van der Waals surface area (Å²) in [6.07, 6.45) is 1.40. The molecular formula is C29H27BClFN4O5. The first kappa shape index (κ1) is 27.3. The van der Waals surface area contributed by atoms with Crippen molar-refractivity contribution in [2.45, 2.75) is 26.8 Å². The van der Waals surface area contributed by atoms with E-state index in [1.807, 2.05) is 30.9 Å². The van der Waals surface area contributed by atoms with Gasteiger partial charge < -0.3 is 29.1 Å². The second kappa shape index (κ2) is 10.8. The average Bonchev–Trinajstić information content (AvgIpc) is 2.96. The van der Waals surface area contributed by atoms with Gasteiger partial charge in [-0.15, -0.1) is 5.16 Å². The van der Waals surface area contributed by atoms with E-state index < -0.39 is 12.9 Å². The number of aromatic nitrogens is 1. The largest absolute Gasteiger partial charge is 0.583 e. The quantitative estimate of drug-likeness (QED) is 0.267. The van der Waals surface area contributed by atoms with Gasteiger partial charge in [0, 0.05) is 29.7 Å². The number of oxime groups is 1. The lowest BCUT2D eigenvalue weighted by Gasteiger charge is -2.29. The molecule has 1 atom stereocenters. The molecule has 6 rings (SSSR count). The van der Waals surface area contributed by atoms with Gasteiger partial charge in [-0.2, -0.15) is 0 Å². The van der Waals surface area contributed by atoms with Gasteiger partial charge in [-0.25, -0.2) is 9.37 Å². The normalized spacial score (nSPS) is 15.6. The van der Waals surface area contributed by atoms with Crippen LogP contribution >= 0.6 is 11.6 Å². The van der Waals surface area contributed by atoms with Crippen LogP contribution in [0.4, 0.5) is 16.0 Å². The molecule has 0 unspecified atom stereocenters. The lowest BCUT2D eigenvalue weighted by Crippen LogP contribution is -2.38. The molecule has 41 heavy (non-hydrogen) atoms. The van der Waals surface area contributed by atoms with Gasteiger partial charge in [0.2, 0.25) is 5.88 Å². The zero-order valence-electron chi connectivity index (χ0n) is 22.7. The van der Waals surface area contributed by atoms with Crippen molar-refractivity contribution in [3.05, 3.63) is 79.8 Å². The van der Waals surface area contributed by atoms with Crippen LogP contribution in [0.15, 0.2) is 50.8 Å². The maximum absolute atomic E-state index is 15.4. The molecule has 1 fully saturated rings. The number of aryl methyl sites for hydroxylation is 1. The Morgan fingerprint density at radius 3 is 2.73 bits per heavy atom. The highest BCUT2D eigenvalue weighted by molar-refractivity contribution is 6.62. The van der Waals surface area contributed by atoms with Crippen molar-refractivity contribution < 1.29 is 23.3 Å². The first-order valence-electron chi connectivity index (χ1n) is 13.3. The molecule has 4 aromatic rings. The van der Waals surface area contributed by atoms with Gasteiger partial charge in [0.15, 0.2) is 5.43 Å². The summed E-state index contributed by atoms with van der Waals surface area (Å²) in [6, 6.07) is 9.53. The first-order valence-corrected chi connectivity index (χ1v) is 13.6. The second-order valence-electron chi connectivity index (χ2n) is 10.2. The Bertz CT molecular complexity index is 1760. The van der Waals surface area contributed by atoms with Crippen molar-refractivity contribution in [2.24, 2.45) is 5.16 Å². The summed E-state index contributed by atoms with van der Waals surface area (Å²) in [6.45, 7) is 8.03. The minimum atomic E-state index is -1.36. The zero-order chi connectivity index (χ0) is 28.8. The Labute approximate surface area is 240 Å². The van der Waals surface area contributed by atoms with E-state index in [0.29, 0.717) is 60.0 Å². The van der Waals surface area contributed by atoms with Gasteiger partial charge in [-0.3, -0.25) is 4.79 Å². The number of rotatable bonds is 5. The molecule has 0 saturated carbocycles. The van der Waals surface area contributed by atoms with E-state index in [0.717, 1.165) is 11.1 Å². The highest BCUT2D eigenvalue weighted by atomic mass is 35.5. The van der Waals surface area contributed by atoms with Crippen molar-refractivity contribution >= 4 is 52.9 Å². The Hall–Kier alpha value is -3.93. The molecule has 12 heteroatoms. The third-order valence-corrected chi connectivity index (χ3v) is 7.62. The van der Waals surface area contributed by atoms with Gasteiger partial charge in [-0.1, -0.05) is 17.7 Å². The van der Waals surface area contributed by atoms with Crippen molar-refractivity contribution in [1.82, 2.24) is 4.98 Å². The molecule has 0 amide bonds. The van der Waals surface area contributed by atoms with Crippen LogP contribution in [0.2, 0.25) is 5.15 Å². The molecule has 2 aromatic carbocycles. The lowest BCUT2D eigenvalue weighted by atomic mass is 9.75. The zero-order valence-corrected chi connectivity index (χ0v) is 23.5. The Morgan fingerprint density at radius 1 is 1.17 bits per heavy atom. The molecule has 2 N–H and O–H groups in total. The number of nitrogens with one attached hydrogen (secondary N) is 1. The minimum absolute atomic E-state index is 0.0808. The number of anilines is 2. The monoisotopic (exact) mass is 576 g/mol. The predicted molar refractivity (Wildman–Crippen MR) is 158 cm³/mol. The van der Waals surface area contributed by atoms with Crippen molar-refractivity contribution in [2.75, 3.05) is 36.5 Å². The molecule has 9 nitrogen and oxygen atoms in total. The van der Waals surface area contributed by atoms with Crippen molar-refractivity contribution in [1.29, 1.82) is 0 Å². The number of nitrogens with zero attached hydrogens (tertiary/aromatic N) is 3. The summed E-state index contributed by atoms with van der Waals surface area (Å²) in [4.78, 5) is 20.0. The lowest BCUT2D eigenvalue weighted by molar-refractivity contribution is 0.120. The van der Waals surface area contributed by atoms with Gasteiger partial charge in [-0.05, 0) is 62.2 Å². The van der Waals surface area contributed by atoms with Crippen LogP contribution in [0.1, 0.15) is 35.2 Å². The summed E-state index contributed by atoms with van der Waals surface area (Å²) in [5, 5.41) is 17.8. The van der Waals surface area contributed by atoms with Gasteiger partial charge in [0.05, 0.1) is 47.8 Å². The van der Waals surface area contributed by atoms with E-state index in [4.69, 9.17) is 25.5 Å². The fourth-order valence-electron chi connectivity index (χ4n) is 5.33. The van der Waals surface area contributed by atoms with Crippen LogP contribution in [-0.4, -0.2) is 49.6 Å². The average molecular weight is 577 g/mol. The fraction of sp³-hybridized carbons (Fsp3) is 0.276. The highest BCUT2D eigenvalue weighted by Gasteiger charge is 2.28. The third-order valence-electron chi connectivity index (χ3n) is 7.41. The summed E-state index contributed by atoms with van der Waals surface area (Å²) < 4.78 is 32.2. The maximum atomic E-state index is 15.4. The number of hydrogen-bond donors (Lipinski definition) is 2. The van der Waals surface area contributed by atoms with Gasteiger partial charge in [0.25, 0.3) is 0 Å². The van der Waals surface area contributed by atoms with E-state index in [1.165, 1.54) is 12.3 Å². The second-order valence-corrected chi connectivity index (χ2v) is 10.6. The molecule has 0 bridgehead atoms. The van der Waals surface area contributed by atoms with Crippen molar-refractivity contribution in [3.63, 3.8) is 0 Å². The number of fused-ring (bicyclic) bond motifs is 2. The fourth-order valence-corrected chi connectivity index (χ4v) is 5.48. The van der Waals surface area contributed by atoms with E-state index in [9.17, 15) is 9.82 Å². The highest BCUT2D eigenvalue weighted by Crippen LogP contribution is 2.35. The molecular weight excluding hydrogens is 550 g/mol. The Balaban J connectivity index is 1.44. The standard InChI is InChI=1S/C29H27BClFN4O5/c1-15-10-19(28-21(11-15)27(37)16(2)29(40-28)36-6-8-39-9-7-36)17(3)34-24-4-5-25(31)35-26(24)20-12-18-14-33-41-30(38)22(18)13-23(20)32/h4-5,10-14,17,34,38H,6-9H2,1-3H3/t17-/m1/s1. The smallest absolute Gasteiger partial charge is 0.440 e. The van der Waals surface area contributed by atoms with Gasteiger partial charge in [0.1, 0.15) is 16.6 Å². The van der Waals surface area contributed by atoms with Crippen LogP contribution in [-0.2, 0) is 9.49 Å². The summed E-state index contributed by atoms with van der Waals surface area (Å²) >= 11 is 6.25. The molecule has 2 aromatic heterocycles. The van der Waals surface area contributed by atoms with Crippen LogP contribution < -0.4 is 21.1 Å². The summed E-state index contributed by atoms with van der Waals surface area (Å²) in [5.41, 5.74) is 4.37. The van der Waals surface area contributed by atoms with E-state index >= 15 is 4.39 Å². The SMILES string of the molecule is Cc1cc([C@@H](C)Nc2ccc(Cl)nc2-c2cc3c(cc2F)B(O)ON=C3)c2oc(N3CCOCC3)c(C)c(=O)c2c1. The van der Waals surface area contributed by atoms with Gasteiger partial charge >= 0.3 is 7.12 Å². The number of halogens is 2. The molecule has 210 valence electrons. The van der Waals surface area contributed by atoms with E-state index in [2.05, 4.69) is 15.5 Å². The number of hydrogen-bond acceptors (Lipinski definition) is 9. The summed E-state index contributed by atoms with van der Waals surface area (Å²) in [5.74, 6) is -0.0642. The van der Waals surface area contributed by atoms with Crippen molar-refractivity contribution in [3.8, 4) is 11.3 Å². The van der Waals surface area contributed by atoms with Crippen LogP contribution in [0.25, 0.3) is 22.2 Å². The molecule has 0 spiro atoms. The number of morpholine rings is 1. The first-order chi connectivity index (χ1) is 19.7. The van der Waals surface area contributed by atoms with E-state index in [1.54, 1.807) is 25.1 Å². The van der Waals surface area contributed by atoms with E-state index in [-0.39, 0.29) is 33.3 Å². The molecule has 2 aliphatic rings. The molecule has 0 aliphatic carbocycles. The number of benzene rings is 2. The topological polar surface area (TPSA) is 109 Å². The maximum Gasteiger partial charge on any atom is 0.583 e.